The SMILES string of the molecule is CC.Clc1ccccc1Br.I. The van der Waals surface area contributed by atoms with E-state index in [9.17, 15) is 0 Å². The quantitative estimate of drug-likeness (QED) is 0.593. The van der Waals surface area contributed by atoms with E-state index in [-0.39, 0.29) is 24.0 Å². The lowest BCUT2D eigenvalue weighted by atomic mass is 10.4. The van der Waals surface area contributed by atoms with Gasteiger partial charge in [-0.25, -0.2) is 0 Å². The van der Waals surface area contributed by atoms with Crippen LogP contribution >= 0.6 is 51.5 Å². The van der Waals surface area contributed by atoms with Crippen LogP contribution in [0.4, 0.5) is 0 Å². The van der Waals surface area contributed by atoms with Gasteiger partial charge in [-0.1, -0.05) is 37.6 Å². The highest BCUT2D eigenvalue weighted by Gasteiger charge is 1.88. The molecule has 3 heteroatoms. The predicted molar refractivity (Wildman–Crippen MR) is 65.9 cm³/mol. The van der Waals surface area contributed by atoms with E-state index in [1.165, 1.54) is 0 Å². The fourth-order valence-electron chi connectivity index (χ4n) is 0.439. The Morgan fingerprint density at radius 3 is 1.91 bits per heavy atom. The molecule has 0 unspecified atom stereocenters. The Bertz CT molecular complexity index is 170. The van der Waals surface area contributed by atoms with Gasteiger partial charge in [0.1, 0.15) is 0 Å². The van der Waals surface area contributed by atoms with Crippen molar-refractivity contribution in [1.29, 1.82) is 0 Å². The van der Waals surface area contributed by atoms with Crippen LogP contribution in [-0.2, 0) is 0 Å². The van der Waals surface area contributed by atoms with Crippen molar-refractivity contribution in [2.75, 3.05) is 0 Å². The van der Waals surface area contributed by atoms with E-state index < -0.39 is 0 Å². The molecule has 0 radical (unpaired) electrons. The van der Waals surface area contributed by atoms with Crippen molar-refractivity contribution in [3.63, 3.8) is 0 Å². The first-order valence-corrected chi connectivity index (χ1v) is 4.38. The molecule has 1 aromatic carbocycles. The summed E-state index contributed by atoms with van der Waals surface area (Å²) in [5.41, 5.74) is 0. The monoisotopic (exact) mass is 348 g/mol. The third kappa shape index (κ3) is 5.93. The van der Waals surface area contributed by atoms with Crippen LogP contribution in [0.1, 0.15) is 13.8 Å². The maximum absolute atomic E-state index is 5.66. The predicted octanol–water partition coefficient (Wildman–Crippen LogP) is 4.75. The Labute approximate surface area is 98.5 Å². The number of hydrogen-bond acceptors (Lipinski definition) is 0. The summed E-state index contributed by atoms with van der Waals surface area (Å²) in [4.78, 5) is 0. The van der Waals surface area contributed by atoms with E-state index in [4.69, 9.17) is 11.6 Å². The van der Waals surface area contributed by atoms with Gasteiger partial charge in [-0.2, -0.15) is 0 Å². The average molecular weight is 349 g/mol. The van der Waals surface area contributed by atoms with Crippen LogP contribution in [0, 0.1) is 0 Å². The maximum atomic E-state index is 5.66. The first kappa shape index (κ1) is 14.3. The average Bonchev–Trinajstić information content (AvgIpc) is 2.00. The van der Waals surface area contributed by atoms with Crippen molar-refractivity contribution in [2.24, 2.45) is 0 Å². The molecular formula is C8H11BrClI. The molecule has 1 aromatic rings. The zero-order valence-electron chi connectivity index (χ0n) is 6.47. The highest BCUT2D eigenvalue weighted by molar-refractivity contribution is 14.0. The summed E-state index contributed by atoms with van der Waals surface area (Å²) in [6.45, 7) is 4.00. The minimum absolute atomic E-state index is 0. The number of rotatable bonds is 0. The van der Waals surface area contributed by atoms with E-state index in [0.29, 0.717) is 0 Å². The molecule has 0 aliphatic rings. The number of benzene rings is 1. The minimum Gasteiger partial charge on any atom is -0.107 e. The fourth-order valence-corrected chi connectivity index (χ4v) is 0.860. The van der Waals surface area contributed by atoms with Crippen LogP contribution in [0.15, 0.2) is 28.7 Å². The highest BCUT2D eigenvalue weighted by Crippen LogP contribution is 2.20. The smallest absolute Gasteiger partial charge is 0.0548 e. The van der Waals surface area contributed by atoms with E-state index >= 15 is 0 Å². The summed E-state index contributed by atoms with van der Waals surface area (Å²) in [5.74, 6) is 0. The van der Waals surface area contributed by atoms with Crippen molar-refractivity contribution in [3.05, 3.63) is 33.8 Å². The van der Waals surface area contributed by atoms with Crippen LogP contribution < -0.4 is 0 Å². The van der Waals surface area contributed by atoms with Gasteiger partial charge < -0.3 is 0 Å². The number of halogens is 3. The summed E-state index contributed by atoms with van der Waals surface area (Å²) in [6, 6.07) is 7.57. The Morgan fingerprint density at radius 1 is 1.18 bits per heavy atom. The third-order valence-corrected chi connectivity index (χ3v) is 2.07. The van der Waals surface area contributed by atoms with Gasteiger partial charge in [0, 0.05) is 4.47 Å². The van der Waals surface area contributed by atoms with E-state index in [1.54, 1.807) is 0 Å². The number of hydrogen-bond donors (Lipinski definition) is 0. The molecule has 64 valence electrons. The molecule has 0 aromatic heterocycles. The van der Waals surface area contributed by atoms with Gasteiger partial charge in [0.05, 0.1) is 5.02 Å². The van der Waals surface area contributed by atoms with Gasteiger partial charge >= 0.3 is 0 Å². The Balaban J connectivity index is 0. The second kappa shape index (κ2) is 8.81. The van der Waals surface area contributed by atoms with Crippen LogP contribution in [0.2, 0.25) is 5.02 Å². The molecule has 0 saturated carbocycles. The summed E-state index contributed by atoms with van der Waals surface area (Å²) in [5, 5.41) is 0.757. The first-order chi connectivity index (χ1) is 4.80. The highest BCUT2D eigenvalue weighted by atomic mass is 127. The summed E-state index contributed by atoms with van der Waals surface area (Å²) in [7, 11) is 0. The second-order valence-corrected chi connectivity index (χ2v) is 2.68. The van der Waals surface area contributed by atoms with Crippen molar-refractivity contribution < 1.29 is 0 Å². The lowest BCUT2D eigenvalue weighted by Gasteiger charge is -1.88. The van der Waals surface area contributed by atoms with Crippen molar-refractivity contribution in [1.82, 2.24) is 0 Å². The normalized spacial score (nSPS) is 7.27. The second-order valence-electron chi connectivity index (χ2n) is 1.41. The van der Waals surface area contributed by atoms with Gasteiger partial charge in [-0.3, -0.25) is 0 Å². The summed E-state index contributed by atoms with van der Waals surface area (Å²) < 4.78 is 0.946. The van der Waals surface area contributed by atoms with Gasteiger partial charge in [0.2, 0.25) is 0 Å². The van der Waals surface area contributed by atoms with Gasteiger partial charge in [0.25, 0.3) is 0 Å². The van der Waals surface area contributed by atoms with Crippen LogP contribution in [0.25, 0.3) is 0 Å². The summed E-state index contributed by atoms with van der Waals surface area (Å²) >= 11 is 8.93. The van der Waals surface area contributed by atoms with Gasteiger partial charge in [-0.05, 0) is 28.1 Å². The molecule has 0 heterocycles. The third-order valence-electron chi connectivity index (χ3n) is 0.824. The Hall–Kier alpha value is 0.720. The Morgan fingerprint density at radius 2 is 1.64 bits per heavy atom. The molecule has 0 aliphatic heterocycles. The molecule has 11 heavy (non-hydrogen) atoms. The molecule has 1 rings (SSSR count). The van der Waals surface area contributed by atoms with E-state index in [0.717, 1.165) is 9.50 Å². The molecule has 0 saturated heterocycles. The Kier molecular flexibility index (Phi) is 11.4. The molecule has 0 nitrogen and oxygen atoms in total. The van der Waals surface area contributed by atoms with Crippen molar-refractivity contribution in [2.45, 2.75) is 13.8 Å². The van der Waals surface area contributed by atoms with E-state index in [1.807, 2.05) is 38.1 Å². The van der Waals surface area contributed by atoms with Crippen LogP contribution in [-0.4, -0.2) is 0 Å². The molecule has 0 fully saturated rings. The lowest BCUT2D eigenvalue weighted by molar-refractivity contribution is 1.50. The molecule has 0 N–H and O–H groups in total. The fraction of sp³-hybridized carbons (Fsp3) is 0.250. The van der Waals surface area contributed by atoms with Crippen molar-refractivity contribution >= 4 is 51.5 Å². The zero-order chi connectivity index (χ0) is 7.98. The molecule has 0 bridgehead atoms. The molecule has 0 spiro atoms. The molecule has 0 amide bonds. The molecule has 0 aliphatic carbocycles. The summed E-state index contributed by atoms with van der Waals surface area (Å²) in [6.07, 6.45) is 0. The maximum Gasteiger partial charge on any atom is 0.0548 e. The molecular weight excluding hydrogens is 338 g/mol. The van der Waals surface area contributed by atoms with Crippen LogP contribution in [0.3, 0.4) is 0 Å². The van der Waals surface area contributed by atoms with Crippen LogP contribution in [0.5, 0.6) is 0 Å². The zero-order valence-corrected chi connectivity index (χ0v) is 11.1. The first-order valence-electron chi connectivity index (χ1n) is 3.21. The standard InChI is InChI=1S/C6H4BrCl.C2H6.HI/c7-5-3-1-2-4-6(5)8;1-2;/h1-4H;1-2H3;1H. The van der Waals surface area contributed by atoms with E-state index in [2.05, 4.69) is 15.9 Å². The minimum atomic E-state index is 0. The van der Waals surface area contributed by atoms with Gasteiger partial charge in [-0.15, -0.1) is 24.0 Å². The largest absolute Gasteiger partial charge is 0.107 e. The topological polar surface area (TPSA) is 0 Å². The lowest BCUT2D eigenvalue weighted by Crippen LogP contribution is -1.62. The molecule has 0 atom stereocenters. The van der Waals surface area contributed by atoms with Gasteiger partial charge in [0.15, 0.2) is 0 Å². The van der Waals surface area contributed by atoms with Crippen molar-refractivity contribution in [3.8, 4) is 0 Å².